The molecule has 0 saturated heterocycles. The van der Waals surface area contributed by atoms with Crippen LogP contribution in [0.15, 0.2) is 53.7 Å². The lowest BCUT2D eigenvalue weighted by Gasteiger charge is -2.05. The zero-order valence-corrected chi connectivity index (χ0v) is 16.1. The Morgan fingerprint density at radius 2 is 1.96 bits per heavy atom. The van der Waals surface area contributed by atoms with Gasteiger partial charge in [-0.3, -0.25) is 9.20 Å². The summed E-state index contributed by atoms with van der Waals surface area (Å²) >= 11 is 8.87. The molecule has 26 heavy (non-hydrogen) atoms. The molecular weight excluding hydrogens is 388 g/mol. The zero-order chi connectivity index (χ0) is 17.9. The van der Waals surface area contributed by atoms with E-state index in [1.807, 2.05) is 46.9 Å². The SMILES string of the molecule is O=C(CSc1nnc2sc3ccccc3n12)NCCc1ccc(Cl)cc1. The molecular formula is C18H15ClN4OS2. The first-order chi connectivity index (χ1) is 12.7. The van der Waals surface area contributed by atoms with Crippen LogP contribution in [0.2, 0.25) is 5.02 Å². The van der Waals surface area contributed by atoms with Gasteiger partial charge in [-0.1, -0.05) is 59.0 Å². The first-order valence-electron chi connectivity index (χ1n) is 8.07. The number of benzene rings is 2. The van der Waals surface area contributed by atoms with Crippen LogP contribution < -0.4 is 5.32 Å². The molecule has 0 saturated carbocycles. The molecule has 2 aromatic carbocycles. The number of para-hydroxylation sites is 1. The van der Waals surface area contributed by atoms with E-state index in [9.17, 15) is 4.79 Å². The number of fused-ring (bicyclic) bond motifs is 3. The minimum Gasteiger partial charge on any atom is -0.355 e. The third-order valence-corrected chi connectivity index (χ3v) is 6.09. The van der Waals surface area contributed by atoms with E-state index in [4.69, 9.17) is 11.6 Å². The van der Waals surface area contributed by atoms with Crippen LogP contribution >= 0.6 is 34.7 Å². The highest BCUT2D eigenvalue weighted by atomic mass is 35.5. The summed E-state index contributed by atoms with van der Waals surface area (Å²) in [4.78, 5) is 13.0. The Hall–Kier alpha value is -2.09. The van der Waals surface area contributed by atoms with Gasteiger partial charge in [0.05, 0.1) is 16.0 Å². The molecule has 8 heteroatoms. The molecule has 0 radical (unpaired) electrons. The summed E-state index contributed by atoms with van der Waals surface area (Å²) in [6.45, 7) is 0.595. The molecule has 132 valence electrons. The summed E-state index contributed by atoms with van der Waals surface area (Å²) in [7, 11) is 0. The van der Waals surface area contributed by atoms with Crippen LogP contribution in [0.5, 0.6) is 0 Å². The minimum atomic E-state index is -0.0137. The van der Waals surface area contributed by atoms with Crippen molar-refractivity contribution in [3.05, 3.63) is 59.1 Å². The molecule has 0 fully saturated rings. The standard InChI is InChI=1S/C18H15ClN4OS2/c19-13-7-5-12(6-8-13)9-10-20-16(24)11-25-17-21-22-18-23(17)14-3-1-2-4-15(14)26-18/h1-8H,9-11H2,(H,20,24). The highest BCUT2D eigenvalue weighted by Crippen LogP contribution is 2.29. The van der Waals surface area contributed by atoms with Crippen molar-refractivity contribution in [2.45, 2.75) is 11.6 Å². The number of hydrogen-bond acceptors (Lipinski definition) is 5. The van der Waals surface area contributed by atoms with Gasteiger partial charge in [0.15, 0.2) is 5.16 Å². The third kappa shape index (κ3) is 3.70. The smallest absolute Gasteiger partial charge is 0.230 e. The summed E-state index contributed by atoms with van der Waals surface area (Å²) in [5, 5.41) is 12.8. The topological polar surface area (TPSA) is 59.3 Å². The van der Waals surface area contributed by atoms with Crippen molar-refractivity contribution in [2.24, 2.45) is 0 Å². The van der Waals surface area contributed by atoms with Gasteiger partial charge in [-0.25, -0.2) is 0 Å². The van der Waals surface area contributed by atoms with Crippen molar-refractivity contribution >= 4 is 55.8 Å². The molecule has 4 rings (SSSR count). The van der Waals surface area contributed by atoms with E-state index < -0.39 is 0 Å². The van der Waals surface area contributed by atoms with E-state index in [2.05, 4.69) is 21.6 Å². The fourth-order valence-corrected chi connectivity index (χ4v) is 4.55. The Bertz CT molecular complexity index is 1060. The van der Waals surface area contributed by atoms with Crippen molar-refractivity contribution in [1.29, 1.82) is 0 Å². The second-order valence-corrected chi connectivity index (χ2v) is 8.07. The van der Waals surface area contributed by atoms with Gasteiger partial charge >= 0.3 is 0 Å². The van der Waals surface area contributed by atoms with Gasteiger partial charge < -0.3 is 5.32 Å². The van der Waals surface area contributed by atoms with Gasteiger partial charge in [0.1, 0.15) is 0 Å². The largest absolute Gasteiger partial charge is 0.355 e. The average molecular weight is 403 g/mol. The van der Waals surface area contributed by atoms with E-state index in [0.717, 1.165) is 37.3 Å². The second-order valence-electron chi connectivity index (χ2n) is 5.69. The van der Waals surface area contributed by atoms with Crippen LogP contribution in [-0.4, -0.2) is 32.8 Å². The van der Waals surface area contributed by atoms with Gasteiger partial charge in [0.2, 0.25) is 10.9 Å². The monoisotopic (exact) mass is 402 g/mol. The number of halogens is 1. The Labute approximate surface area is 163 Å². The lowest BCUT2D eigenvalue weighted by molar-refractivity contribution is -0.118. The number of aromatic nitrogens is 3. The average Bonchev–Trinajstić information content (AvgIpc) is 3.21. The second kappa shape index (κ2) is 7.65. The lowest BCUT2D eigenvalue weighted by Crippen LogP contribution is -2.27. The molecule has 0 unspecified atom stereocenters. The third-order valence-electron chi connectivity index (χ3n) is 3.89. The summed E-state index contributed by atoms with van der Waals surface area (Å²) < 4.78 is 3.16. The number of nitrogens with one attached hydrogen (secondary N) is 1. The number of hydrogen-bond donors (Lipinski definition) is 1. The Balaban J connectivity index is 1.34. The summed E-state index contributed by atoms with van der Waals surface area (Å²) in [5.41, 5.74) is 2.22. The van der Waals surface area contributed by atoms with Gasteiger partial charge in [0.25, 0.3) is 0 Å². The Morgan fingerprint density at radius 3 is 2.81 bits per heavy atom. The summed E-state index contributed by atoms with van der Waals surface area (Å²) in [6, 6.07) is 15.8. The maximum atomic E-state index is 12.1. The number of rotatable bonds is 6. The van der Waals surface area contributed by atoms with Crippen molar-refractivity contribution in [3.63, 3.8) is 0 Å². The number of amides is 1. The molecule has 2 aromatic heterocycles. The Kier molecular flexibility index (Phi) is 5.10. The number of carbonyl (C=O) groups excluding carboxylic acids is 1. The van der Waals surface area contributed by atoms with Gasteiger partial charge in [-0.2, -0.15) is 0 Å². The first kappa shape index (κ1) is 17.3. The molecule has 1 amide bonds. The molecule has 0 bridgehead atoms. The molecule has 0 atom stereocenters. The number of thioether (sulfide) groups is 1. The predicted molar refractivity (Wildman–Crippen MR) is 107 cm³/mol. The number of nitrogens with zero attached hydrogens (tertiary/aromatic N) is 3. The summed E-state index contributed by atoms with van der Waals surface area (Å²) in [5.74, 6) is 0.297. The number of thiazole rings is 1. The van der Waals surface area contributed by atoms with Crippen LogP contribution in [-0.2, 0) is 11.2 Å². The molecule has 1 N–H and O–H groups in total. The Morgan fingerprint density at radius 1 is 1.15 bits per heavy atom. The minimum absolute atomic E-state index is 0.0137. The number of carbonyl (C=O) groups is 1. The lowest BCUT2D eigenvalue weighted by atomic mass is 10.1. The van der Waals surface area contributed by atoms with Crippen LogP contribution in [0.4, 0.5) is 0 Å². The maximum absolute atomic E-state index is 12.1. The van der Waals surface area contributed by atoms with Crippen LogP contribution in [0.1, 0.15) is 5.56 Å². The fraction of sp³-hybridized carbons (Fsp3) is 0.167. The quantitative estimate of drug-likeness (QED) is 0.494. The molecule has 2 heterocycles. The van der Waals surface area contributed by atoms with E-state index >= 15 is 0 Å². The zero-order valence-electron chi connectivity index (χ0n) is 13.7. The van der Waals surface area contributed by atoms with E-state index in [1.54, 1.807) is 11.3 Å². The van der Waals surface area contributed by atoms with Crippen molar-refractivity contribution in [2.75, 3.05) is 12.3 Å². The molecule has 5 nitrogen and oxygen atoms in total. The molecule has 0 aliphatic carbocycles. The van der Waals surface area contributed by atoms with E-state index in [-0.39, 0.29) is 5.91 Å². The van der Waals surface area contributed by atoms with Crippen molar-refractivity contribution < 1.29 is 4.79 Å². The van der Waals surface area contributed by atoms with Crippen LogP contribution in [0, 0.1) is 0 Å². The normalized spacial score (nSPS) is 11.3. The fourth-order valence-electron chi connectivity index (χ4n) is 2.63. The van der Waals surface area contributed by atoms with Crippen molar-refractivity contribution in [3.8, 4) is 0 Å². The molecule has 0 aliphatic heterocycles. The van der Waals surface area contributed by atoms with Crippen LogP contribution in [0.25, 0.3) is 15.2 Å². The maximum Gasteiger partial charge on any atom is 0.230 e. The van der Waals surface area contributed by atoms with Gasteiger partial charge in [0, 0.05) is 11.6 Å². The molecule has 0 aliphatic rings. The van der Waals surface area contributed by atoms with Crippen molar-refractivity contribution in [1.82, 2.24) is 19.9 Å². The predicted octanol–water partition coefficient (Wildman–Crippen LogP) is 4.05. The first-order valence-corrected chi connectivity index (χ1v) is 10.3. The van der Waals surface area contributed by atoms with Gasteiger partial charge in [-0.05, 0) is 36.2 Å². The van der Waals surface area contributed by atoms with E-state index in [0.29, 0.717) is 12.3 Å². The highest BCUT2D eigenvalue weighted by molar-refractivity contribution is 7.99. The molecule has 0 spiro atoms. The summed E-state index contributed by atoms with van der Waals surface area (Å²) in [6.07, 6.45) is 0.776. The van der Waals surface area contributed by atoms with E-state index in [1.165, 1.54) is 11.8 Å². The van der Waals surface area contributed by atoms with Gasteiger partial charge in [-0.15, -0.1) is 10.2 Å². The van der Waals surface area contributed by atoms with Crippen LogP contribution in [0.3, 0.4) is 0 Å². The molecule has 4 aromatic rings. The highest BCUT2D eigenvalue weighted by Gasteiger charge is 2.13.